The summed E-state index contributed by atoms with van der Waals surface area (Å²) in [4.78, 5) is 24.8. The van der Waals surface area contributed by atoms with Crippen LogP contribution >= 0.6 is 0 Å². The first-order valence-electron chi connectivity index (χ1n) is 9.47. The Morgan fingerprint density at radius 2 is 2.28 bits per heavy atom. The molecule has 0 fully saturated rings. The van der Waals surface area contributed by atoms with Crippen LogP contribution in [0.15, 0.2) is 55.0 Å². The van der Waals surface area contributed by atoms with Crippen molar-refractivity contribution in [2.45, 2.75) is 12.8 Å². The number of aromatic amines is 2. The Morgan fingerprint density at radius 1 is 1.38 bits per heavy atom. The second-order valence-electron chi connectivity index (χ2n) is 6.99. The van der Waals surface area contributed by atoms with Gasteiger partial charge in [-0.1, -0.05) is 24.3 Å². The first kappa shape index (κ1) is 18.7. The summed E-state index contributed by atoms with van der Waals surface area (Å²) in [5.41, 5.74) is 1.94. The van der Waals surface area contributed by atoms with E-state index in [-0.39, 0.29) is 18.2 Å². The lowest BCUT2D eigenvalue weighted by Gasteiger charge is -2.25. The van der Waals surface area contributed by atoms with Gasteiger partial charge in [-0.2, -0.15) is 5.26 Å². The fourth-order valence-corrected chi connectivity index (χ4v) is 3.62. The number of halogens is 1. The maximum absolute atomic E-state index is 14.5. The Hall–Kier alpha value is -3.66. The zero-order valence-corrected chi connectivity index (χ0v) is 15.7. The van der Waals surface area contributed by atoms with Crippen molar-refractivity contribution in [2.75, 3.05) is 13.1 Å². The lowest BCUT2D eigenvalue weighted by molar-refractivity contribution is 0.0737. The summed E-state index contributed by atoms with van der Waals surface area (Å²) in [6, 6.07) is 5.52. The Kier molecular flexibility index (Phi) is 5.25. The molecule has 1 amide bonds. The van der Waals surface area contributed by atoms with Crippen molar-refractivity contribution in [1.29, 1.82) is 5.26 Å². The molecule has 1 aliphatic rings. The molecule has 29 heavy (non-hydrogen) atoms. The number of H-pyrrole nitrogens is 2. The predicted octanol–water partition coefficient (Wildman–Crippen LogP) is 4.19. The molecule has 1 atom stereocenters. The Bertz CT molecular complexity index is 1130. The van der Waals surface area contributed by atoms with E-state index in [1.807, 2.05) is 12.2 Å². The number of carbonyl (C=O) groups excluding carboxylic acids is 1. The van der Waals surface area contributed by atoms with E-state index < -0.39 is 5.82 Å². The number of hydrogen-bond acceptors (Lipinski definition) is 3. The van der Waals surface area contributed by atoms with Gasteiger partial charge >= 0.3 is 0 Å². The molecule has 0 bridgehead atoms. The van der Waals surface area contributed by atoms with E-state index in [2.05, 4.69) is 33.2 Å². The maximum atomic E-state index is 14.5. The maximum Gasteiger partial charge on any atom is 0.270 e. The highest BCUT2D eigenvalue weighted by atomic mass is 19.1. The number of fused-ring (bicyclic) bond motifs is 1. The van der Waals surface area contributed by atoms with Crippen molar-refractivity contribution < 1.29 is 9.18 Å². The molecule has 7 heteroatoms. The molecule has 0 saturated heterocycles. The first-order chi connectivity index (χ1) is 14.2. The molecule has 0 aliphatic heterocycles. The molecule has 3 aromatic rings. The van der Waals surface area contributed by atoms with Crippen molar-refractivity contribution in [3.05, 3.63) is 66.5 Å². The summed E-state index contributed by atoms with van der Waals surface area (Å²) in [6.45, 7) is 0.880. The third-order valence-corrected chi connectivity index (χ3v) is 5.05. The molecule has 1 aliphatic carbocycles. The van der Waals surface area contributed by atoms with Crippen LogP contribution in [0, 0.1) is 23.1 Å². The van der Waals surface area contributed by atoms with Crippen LogP contribution in [0.25, 0.3) is 22.2 Å². The number of carbonyl (C=O) groups is 1. The molecule has 0 aromatic carbocycles. The van der Waals surface area contributed by atoms with Crippen LogP contribution in [-0.4, -0.2) is 38.8 Å². The van der Waals surface area contributed by atoms with E-state index >= 15 is 0 Å². The number of aromatic nitrogens is 3. The smallest absolute Gasteiger partial charge is 0.270 e. The van der Waals surface area contributed by atoms with E-state index in [1.165, 1.54) is 6.20 Å². The Labute approximate surface area is 167 Å². The van der Waals surface area contributed by atoms with Crippen LogP contribution in [0.1, 0.15) is 23.3 Å². The summed E-state index contributed by atoms with van der Waals surface area (Å²) in [6.07, 6.45) is 13.7. The number of pyridine rings is 1. The van der Waals surface area contributed by atoms with E-state index in [0.717, 1.165) is 6.42 Å². The molecule has 146 valence electrons. The molecule has 1 unspecified atom stereocenters. The molecule has 6 nitrogen and oxygen atoms in total. The van der Waals surface area contributed by atoms with Gasteiger partial charge < -0.3 is 14.9 Å². The lowest BCUT2D eigenvalue weighted by atomic mass is 10.00. The van der Waals surface area contributed by atoms with Gasteiger partial charge in [-0.3, -0.25) is 4.79 Å². The van der Waals surface area contributed by atoms with Crippen LogP contribution < -0.4 is 0 Å². The molecule has 0 saturated carbocycles. The number of rotatable bonds is 6. The topological polar surface area (TPSA) is 88.6 Å². The molecule has 0 radical (unpaired) electrons. The number of nitrogens with zero attached hydrogens (tertiary/aromatic N) is 3. The van der Waals surface area contributed by atoms with Crippen molar-refractivity contribution in [2.24, 2.45) is 5.92 Å². The van der Waals surface area contributed by atoms with Crippen LogP contribution in [0.5, 0.6) is 0 Å². The second kappa shape index (κ2) is 8.15. The van der Waals surface area contributed by atoms with Crippen LogP contribution in [0.4, 0.5) is 4.39 Å². The number of hydrogen-bond donors (Lipinski definition) is 2. The summed E-state index contributed by atoms with van der Waals surface area (Å²) in [5, 5.41) is 9.62. The highest BCUT2D eigenvalue weighted by molar-refractivity contribution is 5.97. The van der Waals surface area contributed by atoms with Crippen molar-refractivity contribution in [1.82, 2.24) is 19.9 Å². The average molecular weight is 389 g/mol. The van der Waals surface area contributed by atoms with Crippen molar-refractivity contribution in [3.8, 4) is 17.2 Å². The lowest BCUT2D eigenvalue weighted by Crippen LogP contribution is -2.36. The number of nitrogens with one attached hydrogen (secondary N) is 2. The van der Waals surface area contributed by atoms with Crippen LogP contribution in [0.3, 0.4) is 0 Å². The predicted molar refractivity (Wildman–Crippen MR) is 108 cm³/mol. The average Bonchev–Trinajstić information content (AvgIpc) is 3.41. The van der Waals surface area contributed by atoms with E-state index in [4.69, 9.17) is 5.26 Å². The van der Waals surface area contributed by atoms with Gasteiger partial charge in [-0.15, -0.1) is 0 Å². The third-order valence-electron chi connectivity index (χ3n) is 5.05. The number of amides is 1. The van der Waals surface area contributed by atoms with Gasteiger partial charge in [-0.05, 0) is 24.5 Å². The first-order valence-corrected chi connectivity index (χ1v) is 9.47. The molecule has 3 aromatic heterocycles. The van der Waals surface area contributed by atoms with Crippen LogP contribution in [0.2, 0.25) is 0 Å². The van der Waals surface area contributed by atoms with Crippen molar-refractivity contribution >= 4 is 16.9 Å². The molecule has 0 spiro atoms. The van der Waals surface area contributed by atoms with Crippen LogP contribution in [-0.2, 0) is 0 Å². The molecule has 2 N–H and O–H groups in total. The second-order valence-corrected chi connectivity index (χ2v) is 6.99. The SMILES string of the molecule is N#CCCN(CC1C=CC=CC1)C(=O)c1cc(-c2c(F)cnc3[nH]ccc23)c[nH]1. The third kappa shape index (κ3) is 3.83. The Morgan fingerprint density at radius 3 is 3.07 bits per heavy atom. The largest absolute Gasteiger partial charge is 0.357 e. The Balaban J connectivity index is 1.61. The van der Waals surface area contributed by atoms with Gasteiger partial charge in [0.15, 0.2) is 0 Å². The van der Waals surface area contributed by atoms with Gasteiger partial charge in [0.25, 0.3) is 5.91 Å². The minimum absolute atomic E-state index is 0.200. The molecular formula is C22H20FN5O. The quantitative estimate of drug-likeness (QED) is 0.663. The zero-order chi connectivity index (χ0) is 20.2. The van der Waals surface area contributed by atoms with E-state index in [1.54, 1.807) is 29.4 Å². The zero-order valence-electron chi connectivity index (χ0n) is 15.7. The van der Waals surface area contributed by atoms with E-state index in [0.29, 0.717) is 40.9 Å². The van der Waals surface area contributed by atoms with Gasteiger partial charge in [-0.25, -0.2) is 9.37 Å². The molecular weight excluding hydrogens is 369 g/mol. The fourth-order valence-electron chi connectivity index (χ4n) is 3.62. The highest BCUT2D eigenvalue weighted by Gasteiger charge is 2.22. The van der Waals surface area contributed by atoms with Gasteiger partial charge in [0.05, 0.1) is 18.7 Å². The summed E-state index contributed by atoms with van der Waals surface area (Å²) < 4.78 is 14.5. The molecule has 4 rings (SSSR count). The minimum atomic E-state index is -0.449. The van der Waals surface area contributed by atoms with Gasteiger partial charge in [0.1, 0.15) is 17.2 Å². The van der Waals surface area contributed by atoms with Gasteiger partial charge in [0.2, 0.25) is 0 Å². The summed E-state index contributed by atoms with van der Waals surface area (Å²) >= 11 is 0. The van der Waals surface area contributed by atoms with Gasteiger partial charge in [0, 0.05) is 42.0 Å². The van der Waals surface area contributed by atoms with E-state index in [9.17, 15) is 9.18 Å². The van der Waals surface area contributed by atoms with Crippen molar-refractivity contribution in [3.63, 3.8) is 0 Å². The highest BCUT2D eigenvalue weighted by Crippen LogP contribution is 2.30. The monoisotopic (exact) mass is 389 g/mol. The number of allylic oxidation sites excluding steroid dienone is 3. The summed E-state index contributed by atoms with van der Waals surface area (Å²) in [7, 11) is 0. The summed E-state index contributed by atoms with van der Waals surface area (Å²) in [5.74, 6) is -0.431. The normalized spacial score (nSPS) is 15.5. The molecule has 3 heterocycles. The standard InChI is InChI=1S/C22H20FN5O/c23-18-13-27-21-17(7-9-25-21)20(18)16-11-19(26-12-16)22(29)28(10-4-8-24)14-15-5-2-1-3-6-15/h1-3,5,7,9,11-13,15,26H,4,6,10,14H2,(H,25,27). The fraction of sp³-hybridized carbons (Fsp3) is 0.227. The minimum Gasteiger partial charge on any atom is -0.357 e. The number of nitriles is 1.